The summed E-state index contributed by atoms with van der Waals surface area (Å²) < 4.78 is 4.37. The molecule has 2 aromatic rings. The molecule has 0 fully saturated rings. The zero-order valence-corrected chi connectivity index (χ0v) is 18.1. The Kier molecular flexibility index (Phi) is 19.3. The molecule has 0 saturated heterocycles. The van der Waals surface area contributed by atoms with Crippen molar-refractivity contribution in [3.63, 3.8) is 0 Å². The largest absolute Gasteiger partial charge is 0.208 e. The van der Waals surface area contributed by atoms with Crippen LogP contribution in [0.25, 0.3) is 11.1 Å². The third kappa shape index (κ3) is 11.1. The number of hydrogen-bond acceptors (Lipinski definition) is 0. The van der Waals surface area contributed by atoms with E-state index in [1.807, 2.05) is 7.05 Å². The Bertz CT molecular complexity index is 589. The van der Waals surface area contributed by atoms with Crippen LogP contribution in [0.4, 0.5) is 0 Å². The van der Waals surface area contributed by atoms with Gasteiger partial charge >= 0.3 is 0 Å². The molecule has 2 heterocycles. The van der Waals surface area contributed by atoms with Crippen LogP contribution in [0.5, 0.6) is 0 Å². The van der Waals surface area contributed by atoms with Crippen LogP contribution in [0.1, 0.15) is 70.2 Å². The molecule has 2 aromatic heterocycles. The molecule has 0 aliphatic heterocycles. The SMILES string of the molecule is C.C.C.C.CCC(C)(C)CC(C)C[n+]1ccc(-c2cc[n+](C)cc2)cc1.[Y]. The van der Waals surface area contributed by atoms with Crippen LogP contribution in [0.15, 0.2) is 49.1 Å². The van der Waals surface area contributed by atoms with Gasteiger partial charge in [-0.2, -0.15) is 0 Å². The second-order valence-electron chi connectivity index (χ2n) is 7.36. The second-order valence-corrected chi connectivity index (χ2v) is 7.36. The van der Waals surface area contributed by atoms with Crippen molar-refractivity contribution in [1.82, 2.24) is 0 Å². The molecule has 1 radical (unpaired) electrons. The number of pyridine rings is 2. The first-order valence-electron chi connectivity index (χ1n) is 8.34. The first-order chi connectivity index (χ1) is 10.4. The van der Waals surface area contributed by atoms with E-state index in [-0.39, 0.29) is 62.4 Å². The van der Waals surface area contributed by atoms with Crippen molar-refractivity contribution in [2.75, 3.05) is 0 Å². The Balaban J connectivity index is -0.000000529. The second kappa shape index (κ2) is 15.3. The molecule has 0 amide bonds. The standard InChI is InChI=1S/C20H30N2.4CH4.Y/c1-6-20(3,4)15-17(2)16-22-13-9-19(10-14-22)18-7-11-21(5)12-8-18;;;;;/h7-14,17H,6,15-16H2,1-5H3;4*1H4;/q+2;;;;;. The van der Waals surface area contributed by atoms with Crippen molar-refractivity contribution >= 4 is 0 Å². The van der Waals surface area contributed by atoms with E-state index in [9.17, 15) is 0 Å². The Hall–Kier alpha value is -0.596. The minimum atomic E-state index is 0. The molecule has 1 unspecified atom stereocenters. The average Bonchev–Trinajstić information content (AvgIpc) is 2.48. The van der Waals surface area contributed by atoms with Crippen LogP contribution in [-0.4, -0.2) is 0 Å². The van der Waals surface area contributed by atoms with Crippen LogP contribution in [0.2, 0.25) is 0 Å². The summed E-state index contributed by atoms with van der Waals surface area (Å²) in [7, 11) is 2.04. The smallest absolute Gasteiger partial charge is 0.169 e. The molecule has 3 heteroatoms. The summed E-state index contributed by atoms with van der Waals surface area (Å²) in [5.74, 6) is 0.696. The fraction of sp³-hybridized carbons (Fsp3) is 0.583. The van der Waals surface area contributed by atoms with Gasteiger partial charge in [-0.05, 0) is 23.0 Å². The number of hydrogen-bond donors (Lipinski definition) is 0. The predicted molar refractivity (Wildman–Crippen MR) is 118 cm³/mol. The fourth-order valence-electron chi connectivity index (χ4n) is 2.98. The molecule has 0 aliphatic rings. The molecular weight excluding hydrogens is 405 g/mol. The maximum absolute atomic E-state index is 2.37. The molecule has 0 aromatic carbocycles. The molecule has 0 saturated carbocycles. The maximum Gasteiger partial charge on any atom is 0.169 e. The summed E-state index contributed by atoms with van der Waals surface area (Å²) in [6.45, 7) is 10.5. The molecule has 153 valence electrons. The fourth-order valence-corrected chi connectivity index (χ4v) is 2.98. The van der Waals surface area contributed by atoms with E-state index in [1.165, 1.54) is 24.0 Å². The van der Waals surface area contributed by atoms with Crippen molar-refractivity contribution in [1.29, 1.82) is 0 Å². The predicted octanol–water partition coefficient (Wildman–Crippen LogP) is 6.47. The van der Waals surface area contributed by atoms with Gasteiger partial charge in [0.15, 0.2) is 31.3 Å². The van der Waals surface area contributed by atoms with Gasteiger partial charge in [-0.25, -0.2) is 9.13 Å². The van der Waals surface area contributed by atoms with Crippen LogP contribution >= 0.6 is 0 Å². The number of rotatable bonds is 6. The van der Waals surface area contributed by atoms with Gasteiger partial charge in [-0.15, -0.1) is 0 Å². The molecule has 1 atom stereocenters. The Labute approximate surface area is 196 Å². The summed E-state index contributed by atoms with van der Waals surface area (Å²) in [6, 6.07) is 8.75. The van der Waals surface area contributed by atoms with Crippen molar-refractivity contribution in [2.24, 2.45) is 18.4 Å². The molecule has 0 aliphatic carbocycles. The first-order valence-corrected chi connectivity index (χ1v) is 8.34. The van der Waals surface area contributed by atoms with Crippen molar-refractivity contribution in [2.45, 2.75) is 76.8 Å². The first kappa shape index (κ1) is 33.9. The minimum absolute atomic E-state index is 0. The van der Waals surface area contributed by atoms with E-state index in [0.29, 0.717) is 11.3 Å². The van der Waals surface area contributed by atoms with Crippen molar-refractivity contribution in [3.05, 3.63) is 49.1 Å². The van der Waals surface area contributed by atoms with Gasteiger partial charge in [0.05, 0.1) is 0 Å². The van der Waals surface area contributed by atoms with E-state index < -0.39 is 0 Å². The van der Waals surface area contributed by atoms with Crippen LogP contribution < -0.4 is 9.13 Å². The van der Waals surface area contributed by atoms with Gasteiger partial charge in [-0.1, -0.05) is 63.8 Å². The summed E-state index contributed by atoms with van der Waals surface area (Å²) >= 11 is 0. The maximum atomic E-state index is 2.37. The van der Waals surface area contributed by atoms with Gasteiger partial charge in [0.2, 0.25) is 0 Å². The number of aryl methyl sites for hydroxylation is 1. The van der Waals surface area contributed by atoms with Gasteiger partial charge in [0.25, 0.3) is 0 Å². The quantitative estimate of drug-likeness (QED) is 0.445. The summed E-state index contributed by atoms with van der Waals surface area (Å²) in [4.78, 5) is 0. The molecule has 0 bridgehead atoms. The molecule has 2 nitrogen and oxygen atoms in total. The van der Waals surface area contributed by atoms with E-state index in [4.69, 9.17) is 0 Å². The van der Waals surface area contributed by atoms with Crippen LogP contribution in [0, 0.1) is 11.3 Å². The van der Waals surface area contributed by atoms with Crippen molar-refractivity contribution < 1.29 is 41.8 Å². The summed E-state index contributed by atoms with van der Waals surface area (Å²) in [5.41, 5.74) is 2.99. The topological polar surface area (TPSA) is 7.76 Å². The zero-order chi connectivity index (χ0) is 16.2. The van der Waals surface area contributed by atoms with E-state index in [2.05, 4.69) is 85.9 Å². The van der Waals surface area contributed by atoms with E-state index in [1.54, 1.807) is 0 Å². The van der Waals surface area contributed by atoms with Gasteiger partial charge in [0.1, 0.15) is 7.05 Å². The minimum Gasteiger partial charge on any atom is -0.208 e. The molecule has 0 N–H and O–H groups in total. The summed E-state index contributed by atoms with van der Waals surface area (Å²) in [6.07, 6.45) is 11.1. The van der Waals surface area contributed by atoms with Gasteiger partial charge in [-0.3, -0.25) is 0 Å². The van der Waals surface area contributed by atoms with E-state index in [0.717, 1.165) is 6.54 Å². The third-order valence-corrected chi connectivity index (χ3v) is 4.58. The number of nitrogens with zero attached hydrogens (tertiary/aromatic N) is 2. The van der Waals surface area contributed by atoms with Gasteiger partial charge in [0, 0.05) is 62.9 Å². The number of aromatic nitrogens is 2. The molecule has 2 rings (SSSR count). The Morgan fingerprint density at radius 1 is 0.852 bits per heavy atom. The van der Waals surface area contributed by atoms with Gasteiger partial charge < -0.3 is 0 Å². The molecule has 27 heavy (non-hydrogen) atoms. The monoisotopic (exact) mass is 451 g/mol. The third-order valence-electron chi connectivity index (χ3n) is 4.58. The van der Waals surface area contributed by atoms with Crippen LogP contribution in [0.3, 0.4) is 0 Å². The molecular formula is C24H46N2Y+2. The van der Waals surface area contributed by atoms with Crippen LogP contribution in [-0.2, 0) is 46.3 Å². The van der Waals surface area contributed by atoms with E-state index >= 15 is 0 Å². The Morgan fingerprint density at radius 2 is 1.26 bits per heavy atom. The van der Waals surface area contributed by atoms with Crippen molar-refractivity contribution in [3.8, 4) is 11.1 Å². The summed E-state index contributed by atoms with van der Waals surface area (Å²) in [5, 5.41) is 0. The average molecular weight is 452 g/mol. The normalized spacial score (nSPS) is 10.7. The zero-order valence-electron chi connectivity index (χ0n) is 15.3. The Morgan fingerprint density at radius 3 is 1.67 bits per heavy atom. The molecule has 0 spiro atoms.